The Morgan fingerprint density at radius 2 is 1.44 bits per heavy atom. The van der Waals surface area contributed by atoms with Crippen LogP contribution in [0.2, 0.25) is 19.6 Å². The summed E-state index contributed by atoms with van der Waals surface area (Å²) in [6, 6.07) is 52.3. The number of benzene rings is 5. The van der Waals surface area contributed by atoms with Gasteiger partial charge in [0.25, 0.3) is 0 Å². The molecular weight excluding hydrogens is 929 g/mol. The summed E-state index contributed by atoms with van der Waals surface area (Å²) in [5, 5.41) is 4.09. The number of nitrogens with zero attached hydrogens (tertiary/aromatic N) is 2. The van der Waals surface area contributed by atoms with Gasteiger partial charge in [-0.3, -0.25) is 0 Å². The minimum Gasteiger partial charge on any atom is -0.305 e. The normalized spacial score (nSPS) is 13.3. The average Bonchev–Trinajstić information content (AvgIpc) is 3.63. The first-order valence-electron chi connectivity index (χ1n) is 21.1. The Kier molecular flexibility index (Phi) is 13.9. The van der Waals surface area contributed by atoms with Crippen LogP contribution in [0.5, 0.6) is 0 Å². The van der Waals surface area contributed by atoms with E-state index in [2.05, 4.69) is 166 Å². The summed E-state index contributed by atoms with van der Waals surface area (Å²) in [6.07, 6.45) is 13.3. The second-order valence-electron chi connectivity index (χ2n) is 17.4. The van der Waals surface area contributed by atoms with Crippen LogP contribution in [0, 0.1) is 24.0 Å². The molecule has 301 valence electrons. The Morgan fingerprint density at radius 1 is 0.695 bits per heavy atom. The largest absolute Gasteiger partial charge is 0.305 e. The van der Waals surface area contributed by atoms with Crippen molar-refractivity contribution in [3.05, 3.63) is 163 Å². The monoisotopic (exact) mass is 983 g/mol. The van der Waals surface area contributed by atoms with E-state index in [1.54, 1.807) is 0 Å². The summed E-state index contributed by atoms with van der Waals surface area (Å²) in [5.41, 5.74) is 12.2. The maximum absolute atomic E-state index is 4.81. The van der Waals surface area contributed by atoms with Crippen molar-refractivity contribution >= 4 is 44.8 Å². The number of hydrogen-bond donors (Lipinski definition) is 0. The zero-order valence-corrected chi connectivity index (χ0v) is 39.2. The molecule has 3 heterocycles. The minimum atomic E-state index is -1.34. The Morgan fingerprint density at radius 3 is 2.17 bits per heavy atom. The van der Waals surface area contributed by atoms with Gasteiger partial charge in [-0.05, 0) is 85.7 Å². The van der Waals surface area contributed by atoms with Crippen molar-refractivity contribution in [3.8, 4) is 44.8 Å². The van der Waals surface area contributed by atoms with Crippen LogP contribution in [0.25, 0.3) is 64.9 Å². The Hall–Kier alpha value is -4.51. The van der Waals surface area contributed by atoms with Gasteiger partial charge in [-0.2, -0.15) is 11.3 Å². The minimum absolute atomic E-state index is 0. The van der Waals surface area contributed by atoms with Crippen LogP contribution < -0.4 is 5.19 Å². The number of rotatable bonds is 9. The van der Waals surface area contributed by atoms with Crippen molar-refractivity contribution in [2.45, 2.75) is 78.4 Å². The fourth-order valence-electron chi connectivity index (χ4n) is 8.65. The molecule has 59 heavy (non-hydrogen) atoms. The van der Waals surface area contributed by atoms with Crippen molar-refractivity contribution in [2.24, 2.45) is 11.8 Å². The smallest absolute Gasteiger partial charge is 0.0798 e. The predicted octanol–water partition coefficient (Wildman–Crippen LogP) is 14.7. The van der Waals surface area contributed by atoms with E-state index in [9.17, 15) is 0 Å². The summed E-state index contributed by atoms with van der Waals surface area (Å²) in [6.45, 7) is 11.7. The molecule has 3 aromatic heterocycles. The zero-order chi connectivity index (χ0) is 40.1. The van der Waals surface area contributed by atoms with Gasteiger partial charge >= 0.3 is 0 Å². The number of pyridine rings is 2. The third-order valence-corrected chi connectivity index (χ3v) is 14.7. The number of fused-ring (bicyclic) bond motifs is 3. The van der Waals surface area contributed by atoms with Crippen molar-refractivity contribution in [1.82, 2.24) is 9.97 Å². The molecule has 0 bridgehead atoms. The first kappa shape index (κ1) is 42.6. The number of aromatic nitrogens is 2. The summed E-state index contributed by atoms with van der Waals surface area (Å²) in [5.74, 6) is 1.49. The van der Waals surface area contributed by atoms with Gasteiger partial charge in [-0.25, -0.2) is 0 Å². The van der Waals surface area contributed by atoms with E-state index in [4.69, 9.17) is 4.98 Å². The van der Waals surface area contributed by atoms with Crippen LogP contribution in [-0.2, 0) is 32.9 Å². The van der Waals surface area contributed by atoms with Crippen molar-refractivity contribution in [3.63, 3.8) is 0 Å². The fourth-order valence-corrected chi connectivity index (χ4v) is 11.5. The second kappa shape index (κ2) is 19.3. The molecule has 1 aliphatic rings. The van der Waals surface area contributed by atoms with Crippen molar-refractivity contribution in [2.75, 3.05) is 0 Å². The third-order valence-electron chi connectivity index (χ3n) is 11.5. The molecule has 1 fully saturated rings. The van der Waals surface area contributed by atoms with Crippen molar-refractivity contribution in [1.29, 1.82) is 0 Å². The molecule has 0 saturated heterocycles. The predicted molar refractivity (Wildman–Crippen MR) is 253 cm³/mol. The maximum Gasteiger partial charge on any atom is 0.0798 e. The fraction of sp³-hybridized carbons (Fsp3) is 0.259. The molecule has 9 rings (SSSR count). The molecule has 1 radical (unpaired) electrons. The van der Waals surface area contributed by atoms with E-state index in [1.807, 2.05) is 35.7 Å². The van der Waals surface area contributed by atoms with E-state index < -0.39 is 8.07 Å². The second-order valence-corrected chi connectivity index (χ2v) is 23.5. The van der Waals surface area contributed by atoms with Crippen LogP contribution in [0.4, 0.5) is 0 Å². The Balaban J connectivity index is 0.000000214. The molecule has 0 amide bonds. The first-order valence-corrected chi connectivity index (χ1v) is 25.5. The molecule has 0 atom stereocenters. The third kappa shape index (κ3) is 10.1. The van der Waals surface area contributed by atoms with Crippen molar-refractivity contribution < 1.29 is 20.1 Å². The standard InChI is InChI=1S/C36H30NS.C18H24NSi.Ir/c1-3-10-25(11-4-1)22-26-20-21-37-34(23-26)33-17-9-16-32-31-19-18-28(24-35(31)38-36(32)33)30-15-8-7-14-29(30)27-12-5-2-6-13-27;1-14(2)11-16-12-17(15-9-7-6-8-10-15)19-13-18(16)20(3,4)5;/h2,5-9,12-16,18-21,23-25H,1,3-4,10-11,22H2;6-9,12-14H,11H2,1-5H3;/q2*-1;. The van der Waals surface area contributed by atoms with Gasteiger partial charge in [0, 0.05) is 37.2 Å². The van der Waals surface area contributed by atoms with Gasteiger partial charge < -0.3 is 9.97 Å². The van der Waals surface area contributed by atoms with E-state index >= 15 is 0 Å². The van der Waals surface area contributed by atoms with Gasteiger partial charge in [-0.15, -0.1) is 59.7 Å². The molecule has 5 aromatic carbocycles. The van der Waals surface area contributed by atoms with Gasteiger partial charge in [-0.1, -0.05) is 161 Å². The van der Waals surface area contributed by atoms with Gasteiger partial charge in [0.1, 0.15) is 0 Å². The molecule has 1 saturated carbocycles. The van der Waals surface area contributed by atoms with E-state index in [1.165, 1.54) is 97.3 Å². The van der Waals surface area contributed by atoms with Crippen LogP contribution in [0.15, 0.2) is 140 Å². The molecular formula is C54H54IrN2SSi-2. The van der Waals surface area contributed by atoms with Crippen LogP contribution in [0.1, 0.15) is 57.1 Å². The SMILES string of the molecule is CC(C)Cc1cc(-c2[c-]cccc2)ncc1[Si](C)(C)C.[Ir].[c-]1ccc2c(sc3cc(-c4ccccc4-c4ccccc4)ccc32)c1-c1cc(CC2CCCCC2)ccn1. The summed E-state index contributed by atoms with van der Waals surface area (Å²) in [4.78, 5) is 9.50. The Labute approximate surface area is 370 Å². The maximum atomic E-state index is 4.81. The quantitative estimate of drug-likeness (QED) is 0.106. The summed E-state index contributed by atoms with van der Waals surface area (Å²) >= 11 is 1.86. The van der Waals surface area contributed by atoms with Gasteiger partial charge in [0.2, 0.25) is 0 Å². The molecule has 0 unspecified atom stereocenters. The molecule has 5 heteroatoms. The summed E-state index contributed by atoms with van der Waals surface area (Å²) < 4.78 is 2.58. The Bertz CT molecular complexity index is 2620. The zero-order valence-electron chi connectivity index (χ0n) is 35.0. The summed E-state index contributed by atoms with van der Waals surface area (Å²) in [7, 11) is -1.34. The van der Waals surface area contributed by atoms with Gasteiger partial charge in [0.05, 0.1) is 8.07 Å². The molecule has 0 N–H and O–H groups in total. The average molecular weight is 983 g/mol. The van der Waals surface area contributed by atoms with Crippen LogP contribution in [-0.4, -0.2) is 18.0 Å². The number of hydrogen-bond acceptors (Lipinski definition) is 3. The van der Waals surface area contributed by atoms with E-state index in [0.29, 0.717) is 5.92 Å². The molecule has 0 spiro atoms. The molecule has 1 aliphatic carbocycles. The van der Waals surface area contributed by atoms with E-state index in [-0.39, 0.29) is 20.1 Å². The van der Waals surface area contributed by atoms with Crippen LogP contribution >= 0.6 is 11.3 Å². The topological polar surface area (TPSA) is 25.8 Å². The molecule has 8 aromatic rings. The number of thiophene rings is 1. The molecule has 0 aliphatic heterocycles. The molecule has 2 nitrogen and oxygen atoms in total. The van der Waals surface area contributed by atoms with Gasteiger partial charge in [0.15, 0.2) is 0 Å². The van der Waals surface area contributed by atoms with Crippen LogP contribution in [0.3, 0.4) is 0 Å². The van der Waals surface area contributed by atoms with E-state index in [0.717, 1.165) is 34.9 Å². The first-order chi connectivity index (χ1) is 28.2.